The van der Waals surface area contributed by atoms with Crippen molar-refractivity contribution in [1.82, 2.24) is 18.4 Å². The van der Waals surface area contributed by atoms with Crippen LogP contribution in [0.15, 0.2) is 18.2 Å². The number of rotatable bonds is 12. The molecule has 0 aliphatic carbocycles. The van der Waals surface area contributed by atoms with Crippen molar-refractivity contribution >= 4 is 27.9 Å². The lowest BCUT2D eigenvalue weighted by Crippen LogP contribution is -2.47. The molecule has 1 aromatic carbocycles. The van der Waals surface area contributed by atoms with E-state index >= 15 is 0 Å². The highest BCUT2D eigenvalue weighted by Crippen LogP contribution is 2.37. The van der Waals surface area contributed by atoms with E-state index in [0.29, 0.717) is 43.8 Å². The van der Waals surface area contributed by atoms with Gasteiger partial charge in [-0.15, -0.1) is 0 Å². The van der Waals surface area contributed by atoms with Crippen LogP contribution in [0, 0.1) is 23.5 Å². The molecule has 1 amide bonds. The topological polar surface area (TPSA) is 64.2 Å². The van der Waals surface area contributed by atoms with E-state index in [2.05, 4.69) is 27.3 Å². The number of likely N-dealkylation sites (tertiary alicyclic amines) is 1. The Morgan fingerprint density at radius 2 is 1.60 bits per heavy atom. The van der Waals surface area contributed by atoms with Gasteiger partial charge in [0.05, 0.1) is 6.26 Å². The number of carbonyl (C=O) groups is 1. The zero-order valence-electron chi connectivity index (χ0n) is 25.6. The molecule has 0 radical (unpaired) electrons. The van der Waals surface area contributed by atoms with E-state index in [9.17, 15) is 22.0 Å². The van der Waals surface area contributed by atoms with Gasteiger partial charge in [0.2, 0.25) is 15.9 Å². The van der Waals surface area contributed by atoms with Gasteiger partial charge < -0.3 is 9.80 Å². The van der Waals surface area contributed by atoms with Crippen molar-refractivity contribution in [2.45, 2.75) is 76.7 Å². The van der Waals surface area contributed by atoms with E-state index in [0.717, 1.165) is 71.0 Å². The summed E-state index contributed by atoms with van der Waals surface area (Å²) < 4.78 is 56.4. The maximum absolute atomic E-state index is 14.2. The lowest BCUT2D eigenvalue weighted by Gasteiger charge is -2.40. The van der Waals surface area contributed by atoms with Crippen molar-refractivity contribution in [3.05, 3.63) is 35.4 Å². The van der Waals surface area contributed by atoms with Gasteiger partial charge in [0, 0.05) is 64.3 Å². The lowest BCUT2D eigenvalue weighted by molar-refractivity contribution is -0.134. The fourth-order valence-corrected chi connectivity index (χ4v) is 8.79. The van der Waals surface area contributed by atoms with Crippen molar-refractivity contribution < 1.29 is 22.0 Å². The first-order valence-corrected chi connectivity index (χ1v) is 18.8. The van der Waals surface area contributed by atoms with E-state index in [4.69, 9.17) is 0 Å². The summed E-state index contributed by atoms with van der Waals surface area (Å²) in [5.41, 5.74) is 0.669. The normalized spacial score (nSPS) is 21.9. The number of sulfonamides is 1. The molecule has 3 saturated heterocycles. The molecule has 3 aliphatic heterocycles. The van der Waals surface area contributed by atoms with E-state index in [1.807, 2.05) is 11.9 Å². The average molecular weight is 629 g/mol. The Morgan fingerprint density at radius 1 is 0.976 bits per heavy atom. The van der Waals surface area contributed by atoms with Crippen molar-refractivity contribution in [3.63, 3.8) is 0 Å². The smallest absolute Gasteiger partial charge is 0.222 e. The van der Waals surface area contributed by atoms with Gasteiger partial charge in [-0.1, -0.05) is 11.9 Å². The molecule has 238 valence electrons. The monoisotopic (exact) mass is 628 g/mol. The van der Waals surface area contributed by atoms with Crippen LogP contribution in [-0.2, 0) is 14.8 Å². The van der Waals surface area contributed by atoms with Crippen LogP contribution in [0.5, 0.6) is 0 Å². The van der Waals surface area contributed by atoms with Crippen LogP contribution in [0.3, 0.4) is 0 Å². The number of nitrogens with zero attached hydrogens (tertiary/aromatic N) is 4. The molecule has 3 heterocycles. The average Bonchev–Trinajstić information content (AvgIpc) is 2.97. The molecule has 0 spiro atoms. The van der Waals surface area contributed by atoms with Crippen molar-refractivity contribution in [2.24, 2.45) is 11.8 Å². The molecule has 7 nitrogen and oxygen atoms in total. The molecular weight excluding hydrogens is 578 g/mol. The lowest BCUT2D eigenvalue weighted by atomic mass is 9.78. The number of amides is 1. The number of hydrogen-bond donors (Lipinski definition) is 0. The van der Waals surface area contributed by atoms with Gasteiger partial charge in [-0.2, -0.15) is 0 Å². The Kier molecular flexibility index (Phi) is 12.5. The van der Waals surface area contributed by atoms with Crippen LogP contribution in [0.25, 0.3) is 0 Å². The number of piperidine rings is 3. The molecule has 3 aliphatic rings. The highest BCUT2D eigenvalue weighted by molar-refractivity contribution is 7.96. The third-order valence-electron chi connectivity index (χ3n) is 9.86. The molecule has 3 fully saturated rings. The van der Waals surface area contributed by atoms with E-state index in [-0.39, 0.29) is 23.8 Å². The summed E-state index contributed by atoms with van der Waals surface area (Å²) in [5, 5.41) is 0. The minimum atomic E-state index is -3.24. The first kappa shape index (κ1) is 33.6. The number of benzene rings is 1. The summed E-state index contributed by atoms with van der Waals surface area (Å²) in [6.45, 7) is 8.57. The molecule has 0 bridgehead atoms. The molecule has 1 aromatic rings. The van der Waals surface area contributed by atoms with Gasteiger partial charge in [0.15, 0.2) is 0 Å². The van der Waals surface area contributed by atoms with Gasteiger partial charge in [-0.25, -0.2) is 21.5 Å². The second-order valence-corrected chi connectivity index (χ2v) is 15.3. The standard InChI is InChI=1S/C31H50F2N4O3S2/c1-4-37(31(38)6-5-24-7-17-35(41-2)18-8-24)29-11-14-34(15-12-29)16-13-30(26-21-27(32)23-28(33)22-26)25-9-19-36(20-10-25)42(3,39)40/h21-25,29-30H,4-20H2,1-3H3. The summed E-state index contributed by atoms with van der Waals surface area (Å²) >= 11 is 1.81. The molecule has 11 heteroatoms. The molecule has 42 heavy (non-hydrogen) atoms. The molecule has 4 rings (SSSR count). The SMILES string of the molecule is CCN(C(=O)CCC1CCN(SC)CC1)C1CCN(CCC(c2cc(F)cc(F)c2)C2CCN(S(C)(=O)=O)CC2)CC1. The van der Waals surface area contributed by atoms with Gasteiger partial charge in [0.1, 0.15) is 11.6 Å². The molecule has 0 aromatic heterocycles. The zero-order valence-corrected chi connectivity index (χ0v) is 27.3. The fraction of sp³-hybridized carbons (Fsp3) is 0.774. The Hall–Kier alpha value is -1.27. The third-order valence-corrected chi connectivity index (χ3v) is 12.0. The molecule has 1 atom stereocenters. The summed E-state index contributed by atoms with van der Waals surface area (Å²) in [4.78, 5) is 17.7. The summed E-state index contributed by atoms with van der Waals surface area (Å²) in [5.74, 6) is -0.0692. The van der Waals surface area contributed by atoms with E-state index < -0.39 is 21.7 Å². The predicted molar refractivity (Wildman–Crippen MR) is 167 cm³/mol. The van der Waals surface area contributed by atoms with Crippen LogP contribution in [0.4, 0.5) is 8.78 Å². The minimum absolute atomic E-state index is 0.0360. The van der Waals surface area contributed by atoms with Crippen molar-refractivity contribution in [1.29, 1.82) is 0 Å². The van der Waals surface area contributed by atoms with Crippen LogP contribution < -0.4 is 0 Å². The molecular formula is C31H50F2N4O3S2. The van der Waals surface area contributed by atoms with Gasteiger partial charge in [0.25, 0.3) is 0 Å². The zero-order chi connectivity index (χ0) is 30.3. The summed E-state index contributed by atoms with van der Waals surface area (Å²) in [6.07, 6.45) is 11.4. The highest BCUT2D eigenvalue weighted by atomic mass is 32.2. The Morgan fingerprint density at radius 3 is 2.14 bits per heavy atom. The van der Waals surface area contributed by atoms with Crippen molar-refractivity contribution in [3.8, 4) is 0 Å². The van der Waals surface area contributed by atoms with Crippen LogP contribution >= 0.6 is 11.9 Å². The predicted octanol–water partition coefficient (Wildman–Crippen LogP) is 5.19. The van der Waals surface area contributed by atoms with Crippen LogP contribution in [0.1, 0.15) is 76.2 Å². The van der Waals surface area contributed by atoms with Gasteiger partial charge in [-0.3, -0.25) is 9.10 Å². The van der Waals surface area contributed by atoms with E-state index in [1.54, 1.807) is 0 Å². The Balaban J connectivity index is 1.28. The number of halogens is 2. The second kappa shape index (κ2) is 15.6. The summed E-state index contributed by atoms with van der Waals surface area (Å²) in [7, 11) is -3.24. The number of carbonyl (C=O) groups excluding carboxylic acids is 1. The third kappa shape index (κ3) is 9.36. The van der Waals surface area contributed by atoms with E-state index in [1.165, 1.54) is 35.5 Å². The minimum Gasteiger partial charge on any atom is -0.340 e. The molecule has 0 N–H and O–H groups in total. The number of hydrogen-bond acceptors (Lipinski definition) is 6. The second-order valence-electron chi connectivity index (χ2n) is 12.4. The van der Waals surface area contributed by atoms with Gasteiger partial charge in [-0.05, 0) is 107 Å². The maximum atomic E-state index is 14.2. The quantitative estimate of drug-likeness (QED) is 0.297. The molecule has 1 unspecified atom stereocenters. The largest absolute Gasteiger partial charge is 0.340 e. The van der Waals surface area contributed by atoms with Crippen LogP contribution in [0.2, 0.25) is 0 Å². The maximum Gasteiger partial charge on any atom is 0.222 e. The Labute approximate surface area is 256 Å². The first-order chi connectivity index (χ1) is 20.1. The van der Waals surface area contributed by atoms with Gasteiger partial charge >= 0.3 is 0 Å². The fourth-order valence-electron chi connectivity index (χ4n) is 7.34. The van der Waals surface area contributed by atoms with Crippen LogP contribution in [-0.4, -0.2) is 104 Å². The summed E-state index contributed by atoms with van der Waals surface area (Å²) in [6, 6.07) is 4.07. The first-order valence-electron chi connectivity index (χ1n) is 15.8. The molecule has 0 saturated carbocycles. The Bertz CT molecular complexity index is 1100. The highest BCUT2D eigenvalue weighted by Gasteiger charge is 2.33. The van der Waals surface area contributed by atoms with Crippen molar-refractivity contribution in [2.75, 3.05) is 64.9 Å².